The number of H-pyrrole nitrogens is 1. The first-order valence-electron chi connectivity index (χ1n) is 5.98. The Morgan fingerprint density at radius 3 is 3.11 bits per heavy atom. The Labute approximate surface area is 109 Å². The van der Waals surface area contributed by atoms with E-state index in [-0.39, 0.29) is 11.1 Å². The summed E-state index contributed by atoms with van der Waals surface area (Å²) in [6.45, 7) is 3.86. The normalized spacial score (nSPS) is 24.7. The van der Waals surface area contributed by atoms with E-state index in [1.54, 1.807) is 6.07 Å². The van der Waals surface area contributed by atoms with Crippen LogP contribution in [0.1, 0.15) is 13.3 Å². The monoisotopic (exact) mass is 267 g/mol. The van der Waals surface area contributed by atoms with Crippen LogP contribution in [0.5, 0.6) is 0 Å². The van der Waals surface area contributed by atoms with Gasteiger partial charge in [0.25, 0.3) is 0 Å². The predicted molar refractivity (Wildman–Crippen MR) is 69.2 cm³/mol. The van der Waals surface area contributed by atoms with E-state index in [0.29, 0.717) is 11.6 Å². The van der Waals surface area contributed by atoms with Crippen LogP contribution >= 0.6 is 11.6 Å². The van der Waals surface area contributed by atoms with Gasteiger partial charge >= 0.3 is 5.69 Å². The van der Waals surface area contributed by atoms with Crippen molar-refractivity contribution in [3.8, 4) is 0 Å². The topological polar surface area (TPSA) is 66.3 Å². The molecule has 2 aromatic rings. The Balaban J connectivity index is 1.94. The maximum absolute atomic E-state index is 11.5. The molecule has 18 heavy (non-hydrogen) atoms. The average molecular weight is 268 g/mol. The molecule has 3 rings (SSSR count). The molecule has 1 saturated heterocycles. The van der Waals surface area contributed by atoms with Crippen LogP contribution in [0.3, 0.4) is 0 Å². The van der Waals surface area contributed by atoms with Gasteiger partial charge in [0, 0.05) is 18.5 Å². The minimum atomic E-state index is -0.313. The van der Waals surface area contributed by atoms with Crippen LogP contribution in [0.2, 0.25) is 0 Å². The molecule has 96 valence electrons. The molecule has 0 aromatic carbocycles. The molecule has 0 spiro atoms. The van der Waals surface area contributed by atoms with Gasteiger partial charge in [0.1, 0.15) is 5.82 Å². The van der Waals surface area contributed by atoms with E-state index >= 15 is 0 Å². The van der Waals surface area contributed by atoms with Gasteiger partial charge in [-0.3, -0.25) is 0 Å². The summed E-state index contributed by atoms with van der Waals surface area (Å²) in [6, 6.07) is 3.68. The number of aromatic nitrogens is 4. The highest BCUT2D eigenvalue weighted by atomic mass is 35.5. The van der Waals surface area contributed by atoms with Crippen molar-refractivity contribution in [1.82, 2.24) is 19.8 Å². The summed E-state index contributed by atoms with van der Waals surface area (Å²) in [5.74, 6) is 1.21. The quantitative estimate of drug-likeness (QED) is 0.779. The van der Waals surface area contributed by atoms with E-state index in [4.69, 9.17) is 11.6 Å². The number of halogens is 1. The van der Waals surface area contributed by atoms with Gasteiger partial charge in [-0.05, 0) is 24.5 Å². The lowest BCUT2D eigenvalue weighted by atomic mass is 10.00. The lowest BCUT2D eigenvalue weighted by Gasteiger charge is -2.34. The van der Waals surface area contributed by atoms with Crippen molar-refractivity contribution in [3.63, 3.8) is 0 Å². The molecule has 1 fully saturated rings. The van der Waals surface area contributed by atoms with E-state index in [1.165, 1.54) is 4.52 Å². The van der Waals surface area contributed by atoms with Gasteiger partial charge in [0.2, 0.25) is 0 Å². The summed E-state index contributed by atoms with van der Waals surface area (Å²) in [5.41, 5.74) is 0.219. The van der Waals surface area contributed by atoms with Crippen LogP contribution in [-0.2, 0) is 0 Å². The van der Waals surface area contributed by atoms with Crippen LogP contribution in [0.15, 0.2) is 16.9 Å². The first kappa shape index (κ1) is 11.5. The fourth-order valence-corrected chi connectivity index (χ4v) is 2.46. The van der Waals surface area contributed by atoms with Crippen molar-refractivity contribution in [2.24, 2.45) is 5.92 Å². The second kappa shape index (κ2) is 4.28. The Morgan fingerprint density at radius 2 is 2.33 bits per heavy atom. The third-order valence-corrected chi connectivity index (χ3v) is 4.03. The first-order valence-corrected chi connectivity index (χ1v) is 6.42. The Morgan fingerprint density at radius 1 is 1.50 bits per heavy atom. The molecule has 0 radical (unpaired) electrons. The van der Waals surface area contributed by atoms with E-state index in [0.717, 1.165) is 25.3 Å². The van der Waals surface area contributed by atoms with E-state index < -0.39 is 0 Å². The molecule has 1 N–H and O–H groups in total. The molecular formula is C11H14ClN5O. The number of fused-ring (bicyclic) bond motifs is 1. The highest BCUT2D eigenvalue weighted by Crippen LogP contribution is 2.24. The third kappa shape index (κ3) is 1.86. The second-order valence-corrected chi connectivity index (χ2v) is 5.28. The van der Waals surface area contributed by atoms with Gasteiger partial charge in [-0.25, -0.2) is 9.89 Å². The van der Waals surface area contributed by atoms with Gasteiger partial charge < -0.3 is 4.90 Å². The number of piperidine rings is 1. The second-order valence-electron chi connectivity index (χ2n) is 4.72. The fraction of sp³-hybridized carbons (Fsp3) is 0.545. The van der Waals surface area contributed by atoms with E-state index in [9.17, 15) is 4.79 Å². The molecule has 2 unspecified atom stereocenters. The number of hydrogen-bond acceptors (Lipinski definition) is 4. The Kier molecular flexibility index (Phi) is 2.74. The third-order valence-electron chi connectivity index (χ3n) is 3.38. The lowest BCUT2D eigenvalue weighted by Crippen LogP contribution is -2.40. The Hall–Kier alpha value is -1.56. The highest BCUT2D eigenvalue weighted by Gasteiger charge is 2.25. The summed E-state index contributed by atoms with van der Waals surface area (Å²) in [5, 5.41) is 10.8. The molecule has 2 aromatic heterocycles. The molecule has 0 saturated carbocycles. The summed E-state index contributed by atoms with van der Waals surface area (Å²) in [7, 11) is 0. The number of rotatable bonds is 1. The van der Waals surface area contributed by atoms with Gasteiger partial charge in [0.05, 0.1) is 0 Å². The van der Waals surface area contributed by atoms with Gasteiger partial charge in [-0.15, -0.1) is 16.7 Å². The van der Waals surface area contributed by atoms with Crippen LogP contribution in [0.4, 0.5) is 5.82 Å². The lowest BCUT2D eigenvalue weighted by molar-refractivity contribution is 0.451. The van der Waals surface area contributed by atoms with Crippen molar-refractivity contribution in [3.05, 3.63) is 22.6 Å². The van der Waals surface area contributed by atoms with Gasteiger partial charge in [0.15, 0.2) is 5.65 Å². The Bertz CT molecular complexity index is 621. The molecule has 3 heterocycles. The minimum absolute atomic E-state index is 0.224. The molecule has 6 nitrogen and oxygen atoms in total. The van der Waals surface area contributed by atoms with Crippen LogP contribution < -0.4 is 10.6 Å². The van der Waals surface area contributed by atoms with Crippen molar-refractivity contribution in [1.29, 1.82) is 0 Å². The SMILES string of the molecule is CC1CN(c2ccc3n[nH]c(=O)n3n2)CCC1Cl. The number of anilines is 1. The molecule has 0 bridgehead atoms. The summed E-state index contributed by atoms with van der Waals surface area (Å²) < 4.78 is 1.28. The van der Waals surface area contributed by atoms with Gasteiger partial charge in [-0.2, -0.15) is 9.61 Å². The number of hydrogen-bond donors (Lipinski definition) is 1. The van der Waals surface area contributed by atoms with E-state index in [1.807, 2.05) is 6.07 Å². The molecule has 1 aliphatic rings. The molecule has 7 heteroatoms. The summed E-state index contributed by atoms with van der Waals surface area (Å²) in [4.78, 5) is 13.6. The number of aromatic amines is 1. The number of nitrogens with zero attached hydrogens (tertiary/aromatic N) is 4. The van der Waals surface area contributed by atoms with Crippen molar-refractivity contribution < 1.29 is 0 Å². The molecule has 0 amide bonds. The maximum atomic E-state index is 11.5. The zero-order valence-corrected chi connectivity index (χ0v) is 10.8. The largest absolute Gasteiger partial charge is 0.364 e. The van der Waals surface area contributed by atoms with Crippen LogP contribution in [0.25, 0.3) is 5.65 Å². The van der Waals surface area contributed by atoms with Crippen LogP contribution in [0, 0.1) is 5.92 Å². The van der Waals surface area contributed by atoms with E-state index in [2.05, 4.69) is 27.1 Å². The zero-order chi connectivity index (χ0) is 12.7. The number of nitrogens with one attached hydrogen (secondary N) is 1. The first-order chi connectivity index (χ1) is 8.65. The standard InChI is InChI=1S/C11H14ClN5O/c1-7-6-16(5-4-8(7)12)10-3-2-9-13-14-11(18)17(9)15-10/h2-3,7-8H,4-6H2,1H3,(H,14,18). The maximum Gasteiger partial charge on any atom is 0.364 e. The smallest absolute Gasteiger partial charge is 0.355 e. The average Bonchev–Trinajstić information content (AvgIpc) is 2.74. The summed E-state index contributed by atoms with van der Waals surface area (Å²) >= 11 is 6.21. The van der Waals surface area contributed by atoms with Crippen LogP contribution in [-0.4, -0.2) is 38.3 Å². The molecule has 2 atom stereocenters. The molecular weight excluding hydrogens is 254 g/mol. The minimum Gasteiger partial charge on any atom is -0.355 e. The number of alkyl halides is 1. The molecule has 1 aliphatic heterocycles. The van der Waals surface area contributed by atoms with Crippen molar-refractivity contribution >= 4 is 23.1 Å². The fourth-order valence-electron chi connectivity index (χ4n) is 2.29. The molecule has 0 aliphatic carbocycles. The summed E-state index contributed by atoms with van der Waals surface area (Å²) in [6.07, 6.45) is 0.933. The van der Waals surface area contributed by atoms with Crippen molar-refractivity contribution in [2.45, 2.75) is 18.7 Å². The van der Waals surface area contributed by atoms with Gasteiger partial charge in [-0.1, -0.05) is 6.92 Å². The zero-order valence-electron chi connectivity index (χ0n) is 10.0. The predicted octanol–water partition coefficient (Wildman–Crippen LogP) is 0.871. The van der Waals surface area contributed by atoms with Crippen molar-refractivity contribution in [2.75, 3.05) is 18.0 Å². The highest BCUT2D eigenvalue weighted by molar-refractivity contribution is 6.20.